The van der Waals surface area contributed by atoms with Gasteiger partial charge in [-0.25, -0.2) is 8.78 Å². The SMILES string of the molecule is CC(=O)N1CCC(Cc2ccc(C(=O)NCc3cc(F)cc(F)c3)cc2)CC1. The Labute approximate surface area is 163 Å². The van der Waals surface area contributed by atoms with Gasteiger partial charge in [0.05, 0.1) is 0 Å². The highest BCUT2D eigenvalue weighted by atomic mass is 19.1. The summed E-state index contributed by atoms with van der Waals surface area (Å²) in [6, 6.07) is 10.6. The van der Waals surface area contributed by atoms with E-state index in [2.05, 4.69) is 5.32 Å². The zero-order valence-electron chi connectivity index (χ0n) is 15.9. The van der Waals surface area contributed by atoms with E-state index in [9.17, 15) is 18.4 Å². The number of carbonyl (C=O) groups is 2. The molecule has 0 unspecified atom stereocenters. The summed E-state index contributed by atoms with van der Waals surface area (Å²) in [7, 11) is 0. The molecule has 4 nitrogen and oxygen atoms in total. The van der Waals surface area contributed by atoms with E-state index < -0.39 is 11.6 Å². The van der Waals surface area contributed by atoms with Crippen LogP contribution >= 0.6 is 0 Å². The summed E-state index contributed by atoms with van der Waals surface area (Å²) in [5.74, 6) is -0.940. The second-order valence-corrected chi connectivity index (χ2v) is 7.31. The standard InChI is InChI=1S/C22H24F2N2O2/c1-15(27)26-8-6-17(7-9-26)10-16-2-4-19(5-3-16)22(28)25-14-18-11-20(23)13-21(24)12-18/h2-5,11-13,17H,6-10,14H2,1H3,(H,25,28). The molecule has 2 aromatic rings. The average molecular weight is 386 g/mol. The normalized spacial score (nSPS) is 14.8. The summed E-state index contributed by atoms with van der Waals surface area (Å²) >= 11 is 0. The minimum absolute atomic E-state index is 0.0595. The number of hydrogen-bond acceptors (Lipinski definition) is 2. The molecule has 1 aliphatic heterocycles. The molecule has 148 valence electrons. The smallest absolute Gasteiger partial charge is 0.251 e. The minimum atomic E-state index is -0.664. The van der Waals surface area contributed by atoms with Crippen molar-refractivity contribution in [2.24, 2.45) is 5.92 Å². The number of nitrogens with one attached hydrogen (secondary N) is 1. The van der Waals surface area contributed by atoms with Crippen molar-refractivity contribution >= 4 is 11.8 Å². The molecule has 0 saturated carbocycles. The highest BCUT2D eigenvalue weighted by Gasteiger charge is 2.20. The van der Waals surface area contributed by atoms with Crippen molar-refractivity contribution in [1.82, 2.24) is 10.2 Å². The number of hydrogen-bond donors (Lipinski definition) is 1. The number of amides is 2. The molecule has 0 bridgehead atoms. The van der Waals surface area contributed by atoms with Gasteiger partial charge in [0, 0.05) is 38.2 Å². The first-order valence-electron chi connectivity index (χ1n) is 9.48. The maximum Gasteiger partial charge on any atom is 0.251 e. The van der Waals surface area contributed by atoms with Gasteiger partial charge in [-0.2, -0.15) is 0 Å². The maximum absolute atomic E-state index is 13.2. The van der Waals surface area contributed by atoms with E-state index >= 15 is 0 Å². The Morgan fingerprint density at radius 1 is 1.00 bits per heavy atom. The van der Waals surface area contributed by atoms with E-state index in [1.54, 1.807) is 19.1 Å². The molecule has 0 atom stereocenters. The van der Waals surface area contributed by atoms with Crippen LogP contribution in [0.4, 0.5) is 8.78 Å². The molecule has 2 aromatic carbocycles. The Bertz CT molecular complexity index is 824. The van der Waals surface area contributed by atoms with Crippen molar-refractivity contribution in [2.45, 2.75) is 32.7 Å². The predicted molar refractivity (Wildman–Crippen MR) is 103 cm³/mol. The van der Waals surface area contributed by atoms with E-state index in [0.29, 0.717) is 17.0 Å². The molecule has 0 radical (unpaired) electrons. The highest BCUT2D eigenvalue weighted by molar-refractivity contribution is 5.94. The second-order valence-electron chi connectivity index (χ2n) is 7.31. The van der Waals surface area contributed by atoms with Crippen LogP contribution in [-0.2, 0) is 17.8 Å². The molecule has 0 spiro atoms. The van der Waals surface area contributed by atoms with Gasteiger partial charge in [-0.3, -0.25) is 9.59 Å². The molecule has 3 rings (SSSR count). The van der Waals surface area contributed by atoms with Gasteiger partial charge in [0.25, 0.3) is 5.91 Å². The summed E-state index contributed by atoms with van der Waals surface area (Å²) in [6.07, 6.45) is 2.91. The van der Waals surface area contributed by atoms with Gasteiger partial charge in [-0.1, -0.05) is 12.1 Å². The van der Waals surface area contributed by atoms with Gasteiger partial charge in [0.2, 0.25) is 5.91 Å². The number of rotatable bonds is 5. The van der Waals surface area contributed by atoms with E-state index in [0.717, 1.165) is 44.0 Å². The Morgan fingerprint density at radius 2 is 1.61 bits per heavy atom. The molecule has 28 heavy (non-hydrogen) atoms. The van der Waals surface area contributed by atoms with Gasteiger partial charge in [0.15, 0.2) is 0 Å². The Hall–Kier alpha value is -2.76. The topological polar surface area (TPSA) is 49.4 Å². The van der Waals surface area contributed by atoms with E-state index in [1.807, 2.05) is 17.0 Å². The lowest BCUT2D eigenvalue weighted by molar-refractivity contribution is -0.130. The summed E-state index contributed by atoms with van der Waals surface area (Å²) in [5, 5.41) is 2.68. The van der Waals surface area contributed by atoms with Gasteiger partial charge in [-0.15, -0.1) is 0 Å². The lowest BCUT2D eigenvalue weighted by atomic mass is 9.90. The van der Waals surface area contributed by atoms with Crippen LogP contribution in [0.2, 0.25) is 0 Å². The molecule has 6 heteroatoms. The molecule has 1 N–H and O–H groups in total. The van der Waals surface area contributed by atoms with E-state index in [1.165, 1.54) is 12.1 Å². The molecule has 2 amide bonds. The lowest BCUT2D eigenvalue weighted by Crippen LogP contribution is -2.37. The maximum atomic E-state index is 13.2. The van der Waals surface area contributed by atoms with Crippen LogP contribution < -0.4 is 5.32 Å². The first-order valence-corrected chi connectivity index (χ1v) is 9.48. The first-order chi connectivity index (χ1) is 13.4. The Morgan fingerprint density at radius 3 is 2.18 bits per heavy atom. The van der Waals surface area contributed by atoms with Gasteiger partial charge < -0.3 is 10.2 Å². The molecule has 0 aliphatic carbocycles. The largest absolute Gasteiger partial charge is 0.348 e. The monoisotopic (exact) mass is 386 g/mol. The zero-order valence-corrected chi connectivity index (χ0v) is 15.9. The quantitative estimate of drug-likeness (QED) is 0.852. The highest BCUT2D eigenvalue weighted by Crippen LogP contribution is 2.22. The third-order valence-corrected chi connectivity index (χ3v) is 5.18. The summed E-state index contributed by atoms with van der Waals surface area (Å²) in [6.45, 7) is 3.28. The number of piperidine rings is 1. The van der Waals surface area contributed by atoms with E-state index in [4.69, 9.17) is 0 Å². The van der Waals surface area contributed by atoms with Gasteiger partial charge in [-0.05, 0) is 60.6 Å². The van der Waals surface area contributed by atoms with Crippen molar-refractivity contribution in [2.75, 3.05) is 13.1 Å². The molecule has 1 fully saturated rings. The Balaban J connectivity index is 1.51. The Kier molecular flexibility index (Phi) is 6.39. The van der Waals surface area contributed by atoms with Crippen LogP contribution in [0.1, 0.15) is 41.3 Å². The second kappa shape index (κ2) is 8.95. The fourth-order valence-corrected chi connectivity index (χ4v) is 3.57. The summed E-state index contributed by atoms with van der Waals surface area (Å²) in [4.78, 5) is 25.5. The van der Waals surface area contributed by atoms with Crippen molar-refractivity contribution in [3.8, 4) is 0 Å². The molecular formula is C22H24F2N2O2. The number of halogens is 2. The van der Waals surface area contributed by atoms with Crippen LogP contribution in [0.15, 0.2) is 42.5 Å². The number of likely N-dealkylation sites (tertiary alicyclic amines) is 1. The van der Waals surface area contributed by atoms with Crippen LogP contribution in [-0.4, -0.2) is 29.8 Å². The van der Waals surface area contributed by atoms with Crippen molar-refractivity contribution in [3.63, 3.8) is 0 Å². The molecule has 1 aliphatic rings. The van der Waals surface area contributed by atoms with Gasteiger partial charge >= 0.3 is 0 Å². The number of nitrogens with zero attached hydrogens (tertiary/aromatic N) is 1. The number of benzene rings is 2. The zero-order chi connectivity index (χ0) is 20.1. The van der Waals surface area contributed by atoms with Crippen LogP contribution in [0, 0.1) is 17.6 Å². The van der Waals surface area contributed by atoms with Crippen molar-refractivity contribution < 1.29 is 18.4 Å². The molecule has 1 saturated heterocycles. The van der Waals surface area contributed by atoms with Crippen LogP contribution in [0.3, 0.4) is 0 Å². The minimum Gasteiger partial charge on any atom is -0.348 e. The fourth-order valence-electron chi connectivity index (χ4n) is 3.57. The third kappa shape index (κ3) is 5.38. The number of carbonyl (C=O) groups excluding carboxylic acids is 2. The molecule has 1 heterocycles. The molecule has 0 aromatic heterocycles. The molecular weight excluding hydrogens is 362 g/mol. The first kappa shape index (κ1) is 20.0. The third-order valence-electron chi connectivity index (χ3n) is 5.18. The summed E-state index contributed by atoms with van der Waals surface area (Å²) in [5.41, 5.74) is 2.04. The van der Waals surface area contributed by atoms with Crippen molar-refractivity contribution in [1.29, 1.82) is 0 Å². The van der Waals surface area contributed by atoms with Crippen molar-refractivity contribution in [3.05, 3.63) is 70.8 Å². The average Bonchev–Trinajstić information content (AvgIpc) is 2.66. The fraction of sp³-hybridized carbons (Fsp3) is 0.364. The van der Waals surface area contributed by atoms with Gasteiger partial charge in [0.1, 0.15) is 11.6 Å². The predicted octanol–water partition coefficient (Wildman–Crippen LogP) is 3.70. The van der Waals surface area contributed by atoms with E-state index in [-0.39, 0.29) is 18.4 Å². The van der Waals surface area contributed by atoms with Crippen LogP contribution in [0.5, 0.6) is 0 Å². The summed E-state index contributed by atoms with van der Waals surface area (Å²) < 4.78 is 26.4. The van der Waals surface area contributed by atoms with Crippen LogP contribution in [0.25, 0.3) is 0 Å². The lowest BCUT2D eigenvalue weighted by Gasteiger charge is -2.31.